The van der Waals surface area contributed by atoms with Crippen molar-refractivity contribution in [2.75, 3.05) is 13.2 Å². The van der Waals surface area contributed by atoms with Crippen molar-refractivity contribution in [3.63, 3.8) is 0 Å². The molecule has 1 aromatic rings. The van der Waals surface area contributed by atoms with Gasteiger partial charge in [0.15, 0.2) is 0 Å². The first-order chi connectivity index (χ1) is 8.18. The lowest BCUT2D eigenvalue weighted by molar-refractivity contribution is 0.0449. The summed E-state index contributed by atoms with van der Waals surface area (Å²) in [4.78, 5) is 0. The Labute approximate surface area is 104 Å². The van der Waals surface area contributed by atoms with E-state index in [4.69, 9.17) is 10.5 Å². The van der Waals surface area contributed by atoms with Gasteiger partial charge in [-0.1, -0.05) is 18.2 Å². The molecule has 1 aliphatic rings. The largest absolute Gasteiger partial charge is 0.381 e. The van der Waals surface area contributed by atoms with Gasteiger partial charge in [-0.05, 0) is 55.7 Å². The smallest absolute Gasteiger partial charge is 0.0509 e. The van der Waals surface area contributed by atoms with Gasteiger partial charge in [-0.25, -0.2) is 0 Å². The van der Waals surface area contributed by atoms with E-state index in [0.717, 1.165) is 26.1 Å². The first kappa shape index (κ1) is 12.6. The minimum absolute atomic E-state index is 0.232. The van der Waals surface area contributed by atoms with Gasteiger partial charge in [0.25, 0.3) is 0 Å². The van der Waals surface area contributed by atoms with E-state index in [9.17, 15) is 0 Å². The molecule has 0 saturated carbocycles. The maximum atomic E-state index is 6.34. The van der Waals surface area contributed by atoms with E-state index in [-0.39, 0.29) is 6.04 Å². The summed E-state index contributed by atoms with van der Waals surface area (Å²) >= 11 is 0. The third kappa shape index (κ3) is 3.08. The van der Waals surface area contributed by atoms with Crippen molar-refractivity contribution in [1.29, 1.82) is 0 Å². The molecule has 0 amide bonds. The van der Waals surface area contributed by atoms with Crippen LogP contribution in [0.2, 0.25) is 0 Å². The van der Waals surface area contributed by atoms with E-state index in [2.05, 4.69) is 32.0 Å². The van der Waals surface area contributed by atoms with Crippen molar-refractivity contribution in [2.45, 2.75) is 39.2 Å². The number of ether oxygens (including phenoxy) is 1. The van der Waals surface area contributed by atoms with Crippen LogP contribution in [-0.4, -0.2) is 19.3 Å². The molecule has 2 rings (SSSR count). The van der Waals surface area contributed by atoms with Gasteiger partial charge in [0.1, 0.15) is 0 Å². The van der Waals surface area contributed by atoms with Gasteiger partial charge in [-0.3, -0.25) is 0 Å². The molecule has 94 valence electrons. The summed E-state index contributed by atoms with van der Waals surface area (Å²) in [5.74, 6) is 0.530. The fourth-order valence-corrected chi connectivity index (χ4v) is 2.68. The Morgan fingerprint density at radius 2 is 2.06 bits per heavy atom. The Morgan fingerprint density at radius 1 is 1.35 bits per heavy atom. The molecule has 1 aliphatic heterocycles. The number of nitrogens with two attached hydrogens (primary N) is 1. The molecule has 2 atom stereocenters. The standard InChI is InChI=1S/C15H23NO/c1-11-5-3-6-12(2)14(11)9-15(16)13-7-4-8-17-10-13/h3,5-6,13,15H,4,7-10,16H2,1-2H3. The predicted molar refractivity (Wildman–Crippen MR) is 71.1 cm³/mol. The summed E-state index contributed by atoms with van der Waals surface area (Å²) in [6.07, 6.45) is 3.35. The summed E-state index contributed by atoms with van der Waals surface area (Å²) in [7, 11) is 0. The summed E-state index contributed by atoms with van der Waals surface area (Å²) in [6, 6.07) is 6.69. The first-order valence-corrected chi connectivity index (χ1v) is 6.57. The Kier molecular flexibility index (Phi) is 4.19. The monoisotopic (exact) mass is 233 g/mol. The van der Waals surface area contributed by atoms with Gasteiger partial charge in [0.2, 0.25) is 0 Å². The average molecular weight is 233 g/mol. The van der Waals surface area contributed by atoms with E-state index in [1.54, 1.807) is 0 Å². The van der Waals surface area contributed by atoms with Gasteiger partial charge in [-0.2, -0.15) is 0 Å². The molecule has 0 bridgehead atoms. The molecule has 0 aromatic heterocycles. The highest BCUT2D eigenvalue weighted by atomic mass is 16.5. The van der Waals surface area contributed by atoms with Crippen LogP contribution in [0.25, 0.3) is 0 Å². The van der Waals surface area contributed by atoms with Crippen LogP contribution < -0.4 is 5.73 Å². The molecular formula is C15H23NO. The minimum Gasteiger partial charge on any atom is -0.381 e. The lowest BCUT2D eigenvalue weighted by Gasteiger charge is -2.28. The molecule has 17 heavy (non-hydrogen) atoms. The summed E-state index contributed by atoms with van der Waals surface area (Å²) in [6.45, 7) is 6.09. The predicted octanol–water partition coefficient (Wildman–Crippen LogP) is 2.60. The second-order valence-electron chi connectivity index (χ2n) is 5.22. The quantitative estimate of drug-likeness (QED) is 0.871. The third-order valence-electron chi connectivity index (χ3n) is 3.89. The molecule has 1 fully saturated rings. The second-order valence-corrected chi connectivity index (χ2v) is 5.22. The second kappa shape index (κ2) is 5.65. The molecule has 1 aromatic carbocycles. The van der Waals surface area contributed by atoms with E-state index in [1.165, 1.54) is 23.1 Å². The third-order valence-corrected chi connectivity index (χ3v) is 3.89. The number of aryl methyl sites for hydroxylation is 2. The molecular weight excluding hydrogens is 210 g/mol. The molecule has 0 radical (unpaired) electrons. The molecule has 2 unspecified atom stereocenters. The van der Waals surface area contributed by atoms with Gasteiger partial charge in [-0.15, -0.1) is 0 Å². The molecule has 0 aliphatic carbocycles. The van der Waals surface area contributed by atoms with Crippen LogP contribution in [0.15, 0.2) is 18.2 Å². The highest BCUT2D eigenvalue weighted by Crippen LogP contribution is 2.22. The SMILES string of the molecule is Cc1cccc(C)c1CC(N)C1CCCOC1. The number of rotatable bonds is 3. The fourth-order valence-electron chi connectivity index (χ4n) is 2.68. The molecule has 2 heteroatoms. The molecule has 1 saturated heterocycles. The van der Waals surface area contributed by atoms with E-state index in [0.29, 0.717) is 5.92 Å². The lowest BCUT2D eigenvalue weighted by Crippen LogP contribution is -2.37. The van der Waals surface area contributed by atoms with Crippen molar-refractivity contribution in [3.8, 4) is 0 Å². The minimum atomic E-state index is 0.232. The van der Waals surface area contributed by atoms with E-state index in [1.807, 2.05) is 0 Å². The van der Waals surface area contributed by atoms with Crippen LogP contribution in [0.3, 0.4) is 0 Å². The summed E-state index contributed by atoms with van der Waals surface area (Å²) in [5.41, 5.74) is 10.5. The highest BCUT2D eigenvalue weighted by molar-refractivity contribution is 5.34. The normalized spacial score (nSPS) is 22.4. The van der Waals surface area contributed by atoms with E-state index >= 15 is 0 Å². The molecule has 1 heterocycles. The Bertz CT molecular complexity index is 349. The zero-order chi connectivity index (χ0) is 12.3. The van der Waals surface area contributed by atoms with Crippen LogP contribution in [-0.2, 0) is 11.2 Å². The van der Waals surface area contributed by atoms with Gasteiger partial charge >= 0.3 is 0 Å². The number of hydrogen-bond acceptors (Lipinski definition) is 2. The highest BCUT2D eigenvalue weighted by Gasteiger charge is 2.22. The van der Waals surface area contributed by atoms with Crippen molar-refractivity contribution in [1.82, 2.24) is 0 Å². The maximum absolute atomic E-state index is 6.34. The Hall–Kier alpha value is -0.860. The van der Waals surface area contributed by atoms with Crippen molar-refractivity contribution in [3.05, 3.63) is 34.9 Å². The Morgan fingerprint density at radius 3 is 2.65 bits per heavy atom. The zero-order valence-electron chi connectivity index (χ0n) is 10.9. The van der Waals surface area contributed by atoms with Gasteiger partial charge < -0.3 is 10.5 Å². The Balaban J connectivity index is 2.04. The topological polar surface area (TPSA) is 35.2 Å². The average Bonchev–Trinajstić information content (AvgIpc) is 2.35. The van der Waals surface area contributed by atoms with Crippen LogP contribution in [0.5, 0.6) is 0 Å². The van der Waals surface area contributed by atoms with Gasteiger partial charge in [0, 0.05) is 12.6 Å². The summed E-state index contributed by atoms with van der Waals surface area (Å²) in [5, 5.41) is 0. The zero-order valence-corrected chi connectivity index (χ0v) is 10.9. The number of benzene rings is 1. The van der Waals surface area contributed by atoms with Crippen molar-refractivity contribution < 1.29 is 4.74 Å². The van der Waals surface area contributed by atoms with Crippen LogP contribution in [0.1, 0.15) is 29.5 Å². The molecule has 0 spiro atoms. The van der Waals surface area contributed by atoms with Crippen LogP contribution in [0.4, 0.5) is 0 Å². The van der Waals surface area contributed by atoms with Crippen molar-refractivity contribution >= 4 is 0 Å². The first-order valence-electron chi connectivity index (χ1n) is 6.57. The fraction of sp³-hybridized carbons (Fsp3) is 0.600. The van der Waals surface area contributed by atoms with E-state index < -0.39 is 0 Å². The molecule has 2 nitrogen and oxygen atoms in total. The summed E-state index contributed by atoms with van der Waals surface area (Å²) < 4.78 is 5.52. The van der Waals surface area contributed by atoms with Crippen LogP contribution >= 0.6 is 0 Å². The van der Waals surface area contributed by atoms with Crippen LogP contribution in [0, 0.1) is 19.8 Å². The van der Waals surface area contributed by atoms with Crippen molar-refractivity contribution in [2.24, 2.45) is 11.7 Å². The van der Waals surface area contributed by atoms with Gasteiger partial charge in [0.05, 0.1) is 6.61 Å². The maximum Gasteiger partial charge on any atom is 0.0509 e. The lowest BCUT2D eigenvalue weighted by atomic mass is 9.87. The number of hydrogen-bond donors (Lipinski definition) is 1. The molecule has 2 N–H and O–H groups in total.